The summed E-state index contributed by atoms with van der Waals surface area (Å²) in [6.07, 6.45) is 17.5. The fourth-order valence-corrected chi connectivity index (χ4v) is 9.96. The van der Waals surface area contributed by atoms with Crippen molar-refractivity contribution in [1.29, 1.82) is 0 Å². The van der Waals surface area contributed by atoms with Gasteiger partial charge in [-0.3, -0.25) is 0 Å². The Morgan fingerprint density at radius 1 is 1.00 bits per heavy atom. The molecule has 1 saturated heterocycles. The zero-order valence-electron chi connectivity index (χ0n) is 22.5. The number of fused-ring (bicyclic) bond motifs is 5. The van der Waals surface area contributed by atoms with Crippen LogP contribution in [-0.2, 0) is 4.74 Å². The van der Waals surface area contributed by atoms with Gasteiger partial charge in [0.05, 0.1) is 11.7 Å². The average Bonchev–Trinajstić information content (AvgIpc) is 3.20. The second kappa shape index (κ2) is 9.49. The molecule has 194 valence electrons. The molecule has 0 aromatic carbocycles. The van der Waals surface area contributed by atoms with Crippen molar-refractivity contribution in [2.24, 2.45) is 46.3 Å². The van der Waals surface area contributed by atoms with Crippen LogP contribution in [0.2, 0.25) is 0 Å². The van der Waals surface area contributed by atoms with E-state index in [1.807, 2.05) is 0 Å². The molecule has 0 aromatic rings. The molecule has 0 aromatic heterocycles. The van der Waals surface area contributed by atoms with E-state index in [0.29, 0.717) is 22.7 Å². The summed E-state index contributed by atoms with van der Waals surface area (Å²) in [7, 11) is 0. The van der Waals surface area contributed by atoms with E-state index < -0.39 is 5.60 Å². The minimum atomic E-state index is -0.454. The first-order valence-electron chi connectivity index (χ1n) is 14.9. The lowest BCUT2D eigenvalue weighted by Gasteiger charge is -2.59. The lowest BCUT2D eigenvalue weighted by atomic mass is 9.46. The maximum Gasteiger partial charge on any atom is 0.0682 e. The number of allylic oxidation sites excluding steroid dienone is 1. The van der Waals surface area contributed by atoms with Crippen molar-refractivity contribution in [3.8, 4) is 0 Å². The summed E-state index contributed by atoms with van der Waals surface area (Å²) in [6, 6.07) is 0. The summed E-state index contributed by atoms with van der Waals surface area (Å²) in [5.74, 6) is 4.49. The normalized spacial score (nSPS) is 46.7. The molecule has 0 radical (unpaired) electrons. The SMILES string of the molecule is CC[C@]1(O)CC[C@@]2(C)C(=CC[C@H]3[C@@H]4CC[C@H]([C@H](C)CC[C@H](O)C5CCOCC5)[C@@]4(C)CC[C@@H]32)C1. The summed E-state index contributed by atoms with van der Waals surface area (Å²) in [6.45, 7) is 11.5. The van der Waals surface area contributed by atoms with Gasteiger partial charge >= 0.3 is 0 Å². The molecule has 3 heteroatoms. The minimum absolute atomic E-state index is 0.137. The molecular weight excluding hydrogens is 420 g/mol. The first-order valence-corrected chi connectivity index (χ1v) is 14.9. The first-order chi connectivity index (χ1) is 16.2. The van der Waals surface area contributed by atoms with Crippen molar-refractivity contribution in [2.45, 2.75) is 123 Å². The van der Waals surface area contributed by atoms with Crippen molar-refractivity contribution < 1.29 is 14.9 Å². The first kappa shape index (κ1) is 25.3. The van der Waals surface area contributed by atoms with Crippen molar-refractivity contribution in [1.82, 2.24) is 0 Å². The van der Waals surface area contributed by atoms with Crippen LogP contribution < -0.4 is 0 Å². The molecule has 5 rings (SSSR count). The van der Waals surface area contributed by atoms with Gasteiger partial charge in [-0.25, -0.2) is 0 Å². The second-order valence-electron chi connectivity index (χ2n) is 13.8. The number of aliphatic hydroxyl groups excluding tert-OH is 1. The maximum absolute atomic E-state index is 11.0. The molecule has 9 atom stereocenters. The quantitative estimate of drug-likeness (QED) is 0.413. The molecule has 0 bridgehead atoms. The zero-order valence-corrected chi connectivity index (χ0v) is 22.5. The Kier molecular flexibility index (Phi) is 7.06. The molecule has 0 spiro atoms. The van der Waals surface area contributed by atoms with Crippen molar-refractivity contribution in [3.05, 3.63) is 11.6 Å². The molecule has 0 unspecified atom stereocenters. The van der Waals surface area contributed by atoms with Crippen LogP contribution in [0.5, 0.6) is 0 Å². The predicted molar refractivity (Wildman–Crippen MR) is 138 cm³/mol. The van der Waals surface area contributed by atoms with E-state index in [2.05, 4.69) is 33.8 Å². The molecule has 1 aliphatic heterocycles. The third kappa shape index (κ3) is 4.24. The Hall–Kier alpha value is -0.380. The topological polar surface area (TPSA) is 49.7 Å². The van der Waals surface area contributed by atoms with Crippen LogP contribution in [0, 0.1) is 46.3 Å². The molecular formula is C31H52O3. The Morgan fingerprint density at radius 3 is 2.50 bits per heavy atom. The van der Waals surface area contributed by atoms with Gasteiger partial charge in [-0.15, -0.1) is 0 Å². The monoisotopic (exact) mass is 472 g/mol. The van der Waals surface area contributed by atoms with Gasteiger partial charge in [-0.2, -0.15) is 0 Å². The Labute approximate surface area is 209 Å². The summed E-state index contributed by atoms with van der Waals surface area (Å²) in [5.41, 5.74) is 1.94. The Morgan fingerprint density at radius 2 is 1.76 bits per heavy atom. The van der Waals surface area contributed by atoms with Crippen LogP contribution in [0.4, 0.5) is 0 Å². The number of rotatable bonds is 6. The Bertz CT molecular complexity index is 756. The molecule has 1 heterocycles. The molecule has 4 fully saturated rings. The third-order valence-corrected chi connectivity index (χ3v) is 12.4. The van der Waals surface area contributed by atoms with Gasteiger partial charge in [0.2, 0.25) is 0 Å². The van der Waals surface area contributed by atoms with Gasteiger partial charge in [0.25, 0.3) is 0 Å². The molecule has 0 amide bonds. The van der Waals surface area contributed by atoms with Gasteiger partial charge in [0, 0.05) is 13.2 Å². The third-order valence-electron chi connectivity index (χ3n) is 12.4. The van der Waals surface area contributed by atoms with E-state index in [0.717, 1.165) is 75.4 Å². The number of ether oxygens (including phenoxy) is 1. The highest BCUT2D eigenvalue weighted by molar-refractivity contribution is 5.27. The lowest BCUT2D eigenvalue weighted by molar-refractivity contribution is -0.0760. The summed E-state index contributed by atoms with van der Waals surface area (Å²) in [5, 5.41) is 21.9. The standard InChI is InChI=1S/C31H52O3/c1-5-31(33)17-16-29(3)23(20-31)7-8-24-26-10-9-25(30(26,4)15-12-27(24)29)21(2)6-11-28(32)22-13-18-34-19-14-22/h7,21-22,24-28,32-33H,5-6,8-20H2,1-4H3/t21-,24+,25-,26+,27+,28+,29+,30-,31+/m1/s1. The Balaban J connectivity index is 1.25. The van der Waals surface area contributed by atoms with Crippen LogP contribution in [0.25, 0.3) is 0 Å². The number of hydrogen-bond acceptors (Lipinski definition) is 3. The van der Waals surface area contributed by atoms with Gasteiger partial charge in [-0.05, 0) is 130 Å². The van der Waals surface area contributed by atoms with Crippen molar-refractivity contribution >= 4 is 0 Å². The van der Waals surface area contributed by atoms with Crippen molar-refractivity contribution in [3.63, 3.8) is 0 Å². The average molecular weight is 473 g/mol. The lowest BCUT2D eigenvalue weighted by Crippen LogP contribution is -2.52. The summed E-state index contributed by atoms with van der Waals surface area (Å²) in [4.78, 5) is 0. The number of hydrogen-bond donors (Lipinski definition) is 2. The largest absolute Gasteiger partial charge is 0.393 e. The highest BCUT2D eigenvalue weighted by atomic mass is 16.5. The van der Waals surface area contributed by atoms with Crippen LogP contribution in [0.3, 0.4) is 0 Å². The smallest absolute Gasteiger partial charge is 0.0682 e. The van der Waals surface area contributed by atoms with Gasteiger partial charge < -0.3 is 14.9 Å². The van der Waals surface area contributed by atoms with E-state index in [1.165, 1.54) is 44.9 Å². The molecule has 3 nitrogen and oxygen atoms in total. The fourth-order valence-electron chi connectivity index (χ4n) is 9.96. The van der Waals surface area contributed by atoms with Crippen LogP contribution >= 0.6 is 0 Å². The van der Waals surface area contributed by atoms with E-state index in [9.17, 15) is 10.2 Å². The number of aliphatic hydroxyl groups is 2. The van der Waals surface area contributed by atoms with Gasteiger partial charge in [-0.1, -0.05) is 39.3 Å². The maximum atomic E-state index is 11.0. The molecule has 3 saturated carbocycles. The highest BCUT2D eigenvalue weighted by Gasteiger charge is 2.59. The fraction of sp³-hybridized carbons (Fsp3) is 0.935. The predicted octanol–water partition coefficient (Wildman–Crippen LogP) is 6.91. The second-order valence-corrected chi connectivity index (χ2v) is 13.8. The van der Waals surface area contributed by atoms with Crippen LogP contribution in [0.15, 0.2) is 11.6 Å². The molecule has 4 aliphatic carbocycles. The van der Waals surface area contributed by atoms with E-state index in [-0.39, 0.29) is 6.10 Å². The van der Waals surface area contributed by atoms with Gasteiger partial charge in [0.15, 0.2) is 0 Å². The summed E-state index contributed by atoms with van der Waals surface area (Å²) >= 11 is 0. The van der Waals surface area contributed by atoms with Crippen molar-refractivity contribution in [2.75, 3.05) is 13.2 Å². The summed E-state index contributed by atoms with van der Waals surface area (Å²) < 4.78 is 5.50. The van der Waals surface area contributed by atoms with Crippen LogP contribution in [0.1, 0.15) is 111 Å². The minimum Gasteiger partial charge on any atom is -0.393 e. The molecule has 5 aliphatic rings. The van der Waals surface area contributed by atoms with Crippen LogP contribution in [-0.4, -0.2) is 35.1 Å². The highest BCUT2D eigenvalue weighted by Crippen LogP contribution is 2.67. The van der Waals surface area contributed by atoms with E-state index in [1.54, 1.807) is 5.57 Å². The van der Waals surface area contributed by atoms with E-state index >= 15 is 0 Å². The molecule has 34 heavy (non-hydrogen) atoms. The molecule has 2 N–H and O–H groups in total. The zero-order chi connectivity index (χ0) is 24.1. The van der Waals surface area contributed by atoms with Gasteiger partial charge in [0.1, 0.15) is 0 Å². The van der Waals surface area contributed by atoms with E-state index in [4.69, 9.17) is 4.74 Å².